The van der Waals surface area contributed by atoms with Gasteiger partial charge in [-0.25, -0.2) is 4.39 Å². The van der Waals surface area contributed by atoms with E-state index in [1.165, 1.54) is 6.07 Å². The van der Waals surface area contributed by atoms with Crippen molar-refractivity contribution in [2.75, 3.05) is 0 Å². The summed E-state index contributed by atoms with van der Waals surface area (Å²) < 4.78 is 13.0. The Morgan fingerprint density at radius 1 is 1.53 bits per heavy atom. The molecular formula is C9H11ClFNO3. The largest absolute Gasteiger partial charge is 0.508 e. The van der Waals surface area contributed by atoms with Gasteiger partial charge in [0, 0.05) is 6.42 Å². The summed E-state index contributed by atoms with van der Waals surface area (Å²) in [6.07, 6.45) is -0.143. The fraction of sp³-hybridized carbons (Fsp3) is 0.222. The zero-order chi connectivity index (χ0) is 10.7. The molecule has 4 N–H and O–H groups in total. The Morgan fingerprint density at radius 2 is 2.13 bits per heavy atom. The summed E-state index contributed by atoms with van der Waals surface area (Å²) in [4.78, 5) is 10.4. The predicted molar refractivity (Wildman–Crippen MR) is 54.6 cm³/mol. The average Bonchev–Trinajstić information content (AvgIpc) is 2.11. The Hall–Kier alpha value is -1.33. The van der Waals surface area contributed by atoms with Crippen molar-refractivity contribution in [3.8, 4) is 5.75 Å². The first-order valence-corrected chi connectivity index (χ1v) is 3.96. The summed E-state index contributed by atoms with van der Waals surface area (Å²) in [7, 11) is 0. The molecule has 0 bridgehead atoms. The van der Waals surface area contributed by atoms with Gasteiger partial charge in [-0.05, 0) is 23.8 Å². The van der Waals surface area contributed by atoms with E-state index in [4.69, 9.17) is 15.9 Å². The summed E-state index contributed by atoms with van der Waals surface area (Å²) in [5.41, 5.74) is 5.32. The number of aliphatic carboxylic acids is 1. The van der Waals surface area contributed by atoms with Gasteiger partial charge in [0.25, 0.3) is 0 Å². The lowest BCUT2D eigenvalue weighted by Crippen LogP contribution is -2.32. The van der Waals surface area contributed by atoms with E-state index in [1.54, 1.807) is 0 Å². The van der Waals surface area contributed by atoms with E-state index in [0.29, 0.717) is 0 Å². The van der Waals surface area contributed by atoms with Crippen LogP contribution in [0.15, 0.2) is 18.2 Å². The highest BCUT2D eigenvalue weighted by atomic mass is 35.5. The molecule has 0 radical (unpaired) electrons. The van der Waals surface area contributed by atoms with E-state index < -0.39 is 17.8 Å². The van der Waals surface area contributed by atoms with E-state index in [9.17, 15) is 9.18 Å². The molecule has 1 aromatic rings. The molecular weight excluding hydrogens is 225 g/mol. The number of hydrogen-bond acceptors (Lipinski definition) is 3. The molecule has 84 valence electrons. The Balaban J connectivity index is 0.00000196. The lowest BCUT2D eigenvalue weighted by Gasteiger charge is -2.07. The minimum Gasteiger partial charge on any atom is -0.508 e. The van der Waals surface area contributed by atoms with Crippen molar-refractivity contribution < 1.29 is 19.4 Å². The van der Waals surface area contributed by atoms with Crippen molar-refractivity contribution in [1.82, 2.24) is 0 Å². The van der Waals surface area contributed by atoms with E-state index in [-0.39, 0.29) is 30.1 Å². The van der Waals surface area contributed by atoms with Gasteiger partial charge in [0.2, 0.25) is 0 Å². The molecule has 0 fully saturated rings. The van der Waals surface area contributed by atoms with E-state index >= 15 is 0 Å². The molecule has 0 amide bonds. The van der Waals surface area contributed by atoms with Crippen LogP contribution >= 0.6 is 12.4 Å². The van der Waals surface area contributed by atoms with Gasteiger partial charge in [-0.15, -0.1) is 12.4 Å². The van der Waals surface area contributed by atoms with E-state index in [0.717, 1.165) is 12.1 Å². The quantitative estimate of drug-likeness (QED) is 0.727. The second-order valence-corrected chi connectivity index (χ2v) is 2.92. The van der Waals surface area contributed by atoms with E-state index in [2.05, 4.69) is 0 Å². The molecule has 0 heterocycles. The first-order chi connectivity index (χ1) is 6.50. The van der Waals surface area contributed by atoms with Gasteiger partial charge >= 0.3 is 5.97 Å². The van der Waals surface area contributed by atoms with Crippen molar-refractivity contribution in [2.45, 2.75) is 12.5 Å². The Kier molecular flexibility index (Phi) is 5.04. The number of carboxylic acids is 1. The van der Waals surface area contributed by atoms with Crippen LogP contribution in [0.2, 0.25) is 0 Å². The van der Waals surface area contributed by atoms with Crippen LogP contribution in [0.25, 0.3) is 0 Å². The van der Waals surface area contributed by atoms with Gasteiger partial charge in [0.1, 0.15) is 17.6 Å². The smallest absolute Gasteiger partial charge is 0.320 e. The minimum absolute atomic E-state index is 0. The maximum atomic E-state index is 13.0. The average molecular weight is 236 g/mol. The normalized spacial score (nSPS) is 11.6. The number of phenolic OH excluding ortho intramolecular Hbond substituents is 1. The first kappa shape index (κ1) is 13.7. The van der Waals surface area contributed by atoms with E-state index in [1.807, 2.05) is 0 Å². The highest BCUT2D eigenvalue weighted by molar-refractivity contribution is 5.85. The molecule has 1 aromatic carbocycles. The third kappa shape index (κ3) is 3.73. The lowest BCUT2D eigenvalue weighted by atomic mass is 10.1. The summed E-state index contributed by atoms with van der Waals surface area (Å²) >= 11 is 0. The highest BCUT2D eigenvalue weighted by Crippen LogP contribution is 2.16. The Bertz CT molecular complexity index is 359. The van der Waals surface area contributed by atoms with Crippen LogP contribution in [0.5, 0.6) is 5.75 Å². The van der Waals surface area contributed by atoms with Crippen LogP contribution in [-0.4, -0.2) is 22.2 Å². The number of rotatable bonds is 3. The summed E-state index contributed by atoms with van der Waals surface area (Å²) in [5.74, 6) is -1.88. The van der Waals surface area contributed by atoms with Crippen LogP contribution in [0, 0.1) is 5.82 Å². The molecule has 1 rings (SSSR count). The van der Waals surface area contributed by atoms with Gasteiger partial charge in [0.05, 0.1) is 0 Å². The molecule has 1 atom stereocenters. The van der Waals surface area contributed by atoms with Crippen molar-refractivity contribution in [3.63, 3.8) is 0 Å². The molecule has 0 aliphatic heterocycles. The zero-order valence-corrected chi connectivity index (χ0v) is 8.50. The maximum absolute atomic E-state index is 13.0. The second-order valence-electron chi connectivity index (χ2n) is 2.92. The molecule has 4 nitrogen and oxygen atoms in total. The summed E-state index contributed by atoms with van der Waals surface area (Å²) in [6, 6.07) is 2.26. The molecule has 0 saturated heterocycles. The van der Waals surface area contributed by atoms with Gasteiger partial charge < -0.3 is 15.9 Å². The zero-order valence-electron chi connectivity index (χ0n) is 7.68. The molecule has 1 unspecified atom stereocenters. The maximum Gasteiger partial charge on any atom is 0.320 e. The number of halogens is 2. The number of hydrogen-bond donors (Lipinski definition) is 3. The molecule has 6 heteroatoms. The summed E-state index contributed by atoms with van der Waals surface area (Å²) in [6.45, 7) is 0. The number of aromatic hydroxyl groups is 1. The predicted octanol–water partition coefficient (Wildman–Crippen LogP) is 0.908. The van der Waals surface area contributed by atoms with Crippen LogP contribution in [-0.2, 0) is 11.2 Å². The summed E-state index contributed by atoms with van der Waals surface area (Å²) in [5, 5.41) is 17.5. The monoisotopic (exact) mass is 235 g/mol. The standard InChI is InChI=1S/C9H10FNO3.ClH/c10-7-2-1-6(12)3-5(7)4-8(11)9(13)14;/h1-3,8,12H,4,11H2,(H,13,14);1H. The van der Waals surface area contributed by atoms with Crippen LogP contribution in [0.1, 0.15) is 5.56 Å². The number of benzene rings is 1. The van der Waals surface area contributed by atoms with Crippen LogP contribution in [0.3, 0.4) is 0 Å². The van der Waals surface area contributed by atoms with Gasteiger partial charge in [-0.3, -0.25) is 4.79 Å². The second kappa shape index (κ2) is 5.53. The van der Waals surface area contributed by atoms with Crippen LogP contribution in [0.4, 0.5) is 4.39 Å². The van der Waals surface area contributed by atoms with Crippen molar-refractivity contribution in [3.05, 3.63) is 29.6 Å². The number of phenols is 1. The van der Waals surface area contributed by atoms with Gasteiger partial charge in [-0.1, -0.05) is 0 Å². The molecule has 0 spiro atoms. The highest BCUT2D eigenvalue weighted by Gasteiger charge is 2.14. The van der Waals surface area contributed by atoms with Gasteiger partial charge in [0.15, 0.2) is 0 Å². The molecule has 15 heavy (non-hydrogen) atoms. The molecule has 0 aliphatic carbocycles. The SMILES string of the molecule is Cl.NC(Cc1cc(O)ccc1F)C(=O)O. The molecule has 0 aromatic heterocycles. The minimum atomic E-state index is -1.20. The fourth-order valence-corrected chi connectivity index (χ4v) is 1.04. The van der Waals surface area contributed by atoms with Crippen molar-refractivity contribution in [2.24, 2.45) is 5.73 Å². The number of carboxylic acid groups (broad SMARTS) is 1. The molecule has 0 aliphatic rings. The van der Waals surface area contributed by atoms with Crippen LogP contribution < -0.4 is 5.73 Å². The Labute approximate surface area is 91.9 Å². The molecule has 0 saturated carbocycles. The van der Waals surface area contributed by atoms with Crippen molar-refractivity contribution >= 4 is 18.4 Å². The third-order valence-corrected chi connectivity index (χ3v) is 1.79. The fourth-order valence-electron chi connectivity index (χ4n) is 1.04. The third-order valence-electron chi connectivity index (χ3n) is 1.79. The topological polar surface area (TPSA) is 83.5 Å². The first-order valence-electron chi connectivity index (χ1n) is 3.96. The lowest BCUT2D eigenvalue weighted by molar-refractivity contribution is -0.138. The number of nitrogens with two attached hydrogens (primary N) is 1. The number of carbonyl (C=O) groups is 1. The van der Waals surface area contributed by atoms with Gasteiger partial charge in [-0.2, -0.15) is 0 Å². The Morgan fingerprint density at radius 3 is 2.67 bits per heavy atom. The van der Waals surface area contributed by atoms with Crippen molar-refractivity contribution in [1.29, 1.82) is 0 Å².